The number of nitrogens with one attached hydrogen (secondary N) is 1. The van der Waals surface area contributed by atoms with E-state index in [0.717, 1.165) is 17.3 Å². The Morgan fingerprint density at radius 1 is 1.14 bits per heavy atom. The van der Waals surface area contributed by atoms with Crippen molar-refractivity contribution in [2.75, 3.05) is 31.4 Å². The van der Waals surface area contributed by atoms with Crippen LogP contribution in [0.25, 0.3) is 6.08 Å². The highest BCUT2D eigenvalue weighted by Crippen LogP contribution is 2.29. The molecule has 10 nitrogen and oxygen atoms in total. The molecule has 0 saturated carbocycles. The van der Waals surface area contributed by atoms with Crippen LogP contribution in [0.3, 0.4) is 0 Å². The van der Waals surface area contributed by atoms with E-state index in [2.05, 4.69) is 14.7 Å². The lowest BCUT2D eigenvalue weighted by atomic mass is 10.1. The predicted octanol–water partition coefficient (Wildman–Crippen LogP) is 3.98. The van der Waals surface area contributed by atoms with Crippen LogP contribution in [-0.4, -0.2) is 49.8 Å². The van der Waals surface area contributed by atoms with Crippen LogP contribution in [-0.2, 0) is 14.6 Å². The molecule has 0 aliphatic heterocycles. The SMILES string of the molecule is COc1cc(/C=C(/C#N)C(=O)Nc2nc(S(=O)(=O)CC(C)C)ns2)ccc1OCCOc1ccccc1. The van der Waals surface area contributed by atoms with E-state index in [-0.39, 0.29) is 34.1 Å². The Hall–Kier alpha value is -3.95. The molecule has 0 aliphatic rings. The first-order valence-electron chi connectivity index (χ1n) is 11.2. The van der Waals surface area contributed by atoms with Crippen LogP contribution in [0.2, 0.25) is 0 Å². The van der Waals surface area contributed by atoms with Gasteiger partial charge in [0.1, 0.15) is 30.6 Å². The summed E-state index contributed by atoms with van der Waals surface area (Å²) in [5.41, 5.74) is 0.308. The second-order valence-electron chi connectivity index (χ2n) is 8.10. The average Bonchev–Trinajstić information content (AvgIpc) is 3.35. The monoisotopic (exact) mass is 542 g/mol. The number of anilines is 1. The number of carbonyl (C=O) groups is 1. The first-order chi connectivity index (χ1) is 17.7. The summed E-state index contributed by atoms with van der Waals surface area (Å²) >= 11 is 0.726. The molecule has 12 heteroatoms. The molecule has 3 aromatic rings. The van der Waals surface area contributed by atoms with Gasteiger partial charge in [-0.1, -0.05) is 38.1 Å². The Bertz CT molecular complexity index is 1400. The fraction of sp³-hybridized carbons (Fsp3) is 0.280. The average molecular weight is 543 g/mol. The van der Waals surface area contributed by atoms with Crippen LogP contribution in [0.1, 0.15) is 19.4 Å². The summed E-state index contributed by atoms with van der Waals surface area (Å²) in [7, 11) is -2.18. The number of ether oxygens (including phenoxy) is 3. The van der Waals surface area contributed by atoms with Gasteiger partial charge < -0.3 is 14.2 Å². The number of hydrogen-bond donors (Lipinski definition) is 1. The summed E-state index contributed by atoms with van der Waals surface area (Å²) < 4.78 is 45.1. The Labute approximate surface area is 219 Å². The quantitative estimate of drug-likeness (QED) is 0.204. The highest BCUT2D eigenvalue weighted by molar-refractivity contribution is 7.91. The molecule has 3 rings (SSSR count). The first-order valence-corrected chi connectivity index (χ1v) is 13.6. The van der Waals surface area contributed by atoms with Crippen LogP contribution < -0.4 is 19.5 Å². The first kappa shape index (κ1) is 27.6. The maximum Gasteiger partial charge on any atom is 0.268 e. The summed E-state index contributed by atoms with van der Waals surface area (Å²) in [5.74, 6) is 0.670. The Balaban J connectivity index is 1.65. The number of carbonyl (C=O) groups excluding carboxylic acids is 1. The lowest BCUT2D eigenvalue weighted by molar-refractivity contribution is -0.112. The van der Waals surface area contributed by atoms with Gasteiger partial charge in [0.2, 0.25) is 15.0 Å². The zero-order chi connectivity index (χ0) is 26.8. The van der Waals surface area contributed by atoms with E-state index in [1.54, 1.807) is 32.0 Å². The number of sulfone groups is 1. The molecule has 37 heavy (non-hydrogen) atoms. The highest BCUT2D eigenvalue weighted by atomic mass is 32.2. The van der Waals surface area contributed by atoms with Gasteiger partial charge in [-0.25, -0.2) is 8.42 Å². The zero-order valence-electron chi connectivity index (χ0n) is 20.5. The molecule has 0 saturated heterocycles. The van der Waals surface area contributed by atoms with Crippen LogP contribution in [0, 0.1) is 17.2 Å². The number of benzene rings is 2. The molecule has 1 amide bonds. The van der Waals surface area contributed by atoms with E-state index in [1.807, 2.05) is 36.4 Å². The van der Waals surface area contributed by atoms with E-state index in [9.17, 15) is 18.5 Å². The number of nitriles is 1. The minimum Gasteiger partial charge on any atom is -0.493 e. The Morgan fingerprint density at radius 3 is 2.54 bits per heavy atom. The molecule has 1 aromatic heterocycles. The largest absolute Gasteiger partial charge is 0.493 e. The maximum absolute atomic E-state index is 12.6. The van der Waals surface area contributed by atoms with Crippen molar-refractivity contribution < 1.29 is 27.4 Å². The lowest BCUT2D eigenvalue weighted by Crippen LogP contribution is -2.15. The van der Waals surface area contributed by atoms with E-state index in [0.29, 0.717) is 23.7 Å². The van der Waals surface area contributed by atoms with Gasteiger partial charge in [-0.05, 0) is 41.8 Å². The van der Waals surface area contributed by atoms with Crippen molar-refractivity contribution in [3.63, 3.8) is 0 Å². The van der Waals surface area contributed by atoms with Crippen molar-refractivity contribution in [1.82, 2.24) is 9.36 Å². The van der Waals surface area contributed by atoms with E-state index in [1.165, 1.54) is 13.2 Å². The molecule has 1 N–H and O–H groups in total. The van der Waals surface area contributed by atoms with Crippen molar-refractivity contribution in [2.45, 2.75) is 19.0 Å². The van der Waals surface area contributed by atoms with Gasteiger partial charge in [0, 0.05) is 11.5 Å². The standard InChI is InChI=1S/C25H26N4O6S2/c1-17(2)16-37(31,32)25-28-24(36-29-25)27-23(30)19(15-26)13-18-9-10-21(22(14-18)33-3)35-12-11-34-20-7-5-4-6-8-20/h4-10,13-14,17H,11-12,16H2,1-3H3,(H,27,28,29,30)/b19-13-. The second kappa shape index (κ2) is 12.8. The van der Waals surface area contributed by atoms with Gasteiger partial charge >= 0.3 is 0 Å². The fourth-order valence-electron chi connectivity index (χ4n) is 3.10. The van der Waals surface area contributed by atoms with Gasteiger partial charge in [0.25, 0.3) is 11.1 Å². The second-order valence-corrected chi connectivity index (χ2v) is 10.8. The van der Waals surface area contributed by atoms with Crippen LogP contribution in [0.15, 0.2) is 59.3 Å². The maximum atomic E-state index is 12.6. The minimum absolute atomic E-state index is 0.0208. The van der Waals surface area contributed by atoms with Crippen LogP contribution in [0.4, 0.5) is 5.13 Å². The molecule has 0 bridgehead atoms. The number of methoxy groups -OCH3 is 1. The number of rotatable bonds is 12. The van der Waals surface area contributed by atoms with Crippen molar-refractivity contribution in [3.05, 3.63) is 59.7 Å². The number of amides is 1. The number of hydrogen-bond acceptors (Lipinski definition) is 10. The molecule has 1 heterocycles. The van der Waals surface area contributed by atoms with Crippen LogP contribution >= 0.6 is 11.5 Å². The zero-order valence-corrected chi connectivity index (χ0v) is 22.1. The van der Waals surface area contributed by atoms with Crippen molar-refractivity contribution in [3.8, 4) is 23.3 Å². The smallest absolute Gasteiger partial charge is 0.268 e. The third-order valence-corrected chi connectivity index (χ3v) is 7.27. The number of para-hydroxylation sites is 1. The Morgan fingerprint density at radius 2 is 1.86 bits per heavy atom. The van der Waals surface area contributed by atoms with E-state index >= 15 is 0 Å². The predicted molar refractivity (Wildman–Crippen MR) is 139 cm³/mol. The summed E-state index contributed by atoms with van der Waals surface area (Å²) in [6.07, 6.45) is 1.37. The fourth-order valence-corrected chi connectivity index (χ4v) is 5.45. The topological polar surface area (TPSA) is 140 Å². The molecule has 0 spiro atoms. The summed E-state index contributed by atoms with van der Waals surface area (Å²) in [6.45, 7) is 4.15. The molecule has 2 aromatic carbocycles. The van der Waals surface area contributed by atoms with Gasteiger partial charge in [-0.3, -0.25) is 10.1 Å². The summed E-state index contributed by atoms with van der Waals surface area (Å²) in [6, 6.07) is 16.2. The van der Waals surface area contributed by atoms with Crippen molar-refractivity contribution in [2.24, 2.45) is 5.92 Å². The molecule has 194 valence electrons. The van der Waals surface area contributed by atoms with Gasteiger partial charge in [-0.15, -0.1) is 0 Å². The normalized spacial score (nSPS) is 11.6. The van der Waals surface area contributed by atoms with Gasteiger partial charge in [0.05, 0.1) is 12.9 Å². The molecule has 0 unspecified atom stereocenters. The van der Waals surface area contributed by atoms with Gasteiger partial charge in [0.15, 0.2) is 11.5 Å². The Kier molecular flexibility index (Phi) is 9.59. The highest BCUT2D eigenvalue weighted by Gasteiger charge is 2.23. The third kappa shape index (κ3) is 8.03. The van der Waals surface area contributed by atoms with Gasteiger partial charge in [-0.2, -0.15) is 14.6 Å². The van der Waals surface area contributed by atoms with Crippen molar-refractivity contribution in [1.29, 1.82) is 5.26 Å². The number of nitrogens with zero attached hydrogens (tertiary/aromatic N) is 3. The molecule has 0 fully saturated rings. The molecule has 0 radical (unpaired) electrons. The number of aromatic nitrogens is 2. The minimum atomic E-state index is -3.66. The van der Waals surface area contributed by atoms with Crippen molar-refractivity contribution >= 4 is 38.5 Å². The summed E-state index contributed by atoms with van der Waals surface area (Å²) in [4.78, 5) is 16.5. The molecule has 0 atom stereocenters. The molecular formula is C25H26N4O6S2. The lowest BCUT2D eigenvalue weighted by Gasteiger charge is -2.12. The van der Waals surface area contributed by atoms with E-state index < -0.39 is 15.7 Å². The summed E-state index contributed by atoms with van der Waals surface area (Å²) in [5, 5.41) is 11.6. The molecular weight excluding hydrogens is 516 g/mol. The van der Waals surface area contributed by atoms with Crippen LogP contribution in [0.5, 0.6) is 17.2 Å². The molecule has 0 aliphatic carbocycles. The van der Waals surface area contributed by atoms with E-state index in [4.69, 9.17) is 14.2 Å². The third-order valence-electron chi connectivity index (χ3n) is 4.68.